The summed E-state index contributed by atoms with van der Waals surface area (Å²) in [7, 11) is 0. The van der Waals surface area contributed by atoms with Crippen LogP contribution in [0.4, 0.5) is 5.13 Å². The minimum Gasteiger partial charge on any atom is -0.375 e. The van der Waals surface area contributed by atoms with E-state index >= 15 is 0 Å². The molecular formula is C13H19N3O2S2. The molecule has 110 valence electrons. The van der Waals surface area contributed by atoms with E-state index in [-0.39, 0.29) is 29.5 Å². The van der Waals surface area contributed by atoms with Crippen molar-refractivity contribution in [1.82, 2.24) is 9.88 Å². The van der Waals surface area contributed by atoms with Gasteiger partial charge in [-0.05, 0) is 19.8 Å². The van der Waals surface area contributed by atoms with E-state index in [1.165, 1.54) is 28.0 Å². The molecular weight excluding hydrogens is 294 g/mol. The molecule has 0 aliphatic carbocycles. The van der Waals surface area contributed by atoms with E-state index in [2.05, 4.69) is 4.98 Å². The molecule has 1 aliphatic heterocycles. The number of thioether (sulfide) groups is 1. The number of rotatable bonds is 5. The van der Waals surface area contributed by atoms with Gasteiger partial charge in [0.2, 0.25) is 11.8 Å². The molecule has 0 spiro atoms. The molecule has 1 unspecified atom stereocenters. The largest absolute Gasteiger partial charge is 0.375 e. The van der Waals surface area contributed by atoms with Crippen LogP contribution in [0.1, 0.15) is 38.8 Å². The summed E-state index contributed by atoms with van der Waals surface area (Å²) in [5.41, 5.74) is 6.50. The standard InChI is InChI=1S/C13H19N3O2S2/c1-4-8(5-2)16-10(17)6-9(11(16)18)19-12-7(3)15-13(14)20-12/h8-9H,4-6H2,1-3H3,(H2,14,15). The highest BCUT2D eigenvalue weighted by molar-refractivity contribution is 8.02. The summed E-state index contributed by atoms with van der Waals surface area (Å²) in [6.07, 6.45) is 1.88. The number of aryl methyl sites for hydroxylation is 1. The third-order valence-electron chi connectivity index (χ3n) is 3.47. The van der Waals surface area contributed by atoms with Gasteiger partial charge >= 0.3 is 0 Å². The van der Waals surface area contributed by atoms with Gasteiger partial charge in [0.05, 0.1) is 15.2 Å². The minimum absolute atomic E-state index is 0.0215. The van der Waals surface area contributed by atoms with Crippen molar-refractivity contribution in [3.8, 4) is 0 Å². The average molecular weight is 313 g/mol. The second kappa shape index (κ2) is 6.13. The maximum absolute atomic E-state index is 12.4. The molecule has 2 rings (SSSR count). The summed E-state index contributed by atoms with van der Waals surface area (Å²) < 4.78 is 0.931. The molecule has 2 N–H and O–H groups in total. The Morgan fingerprint density at radius 3 is 2.60 bits per heavy atom. The normalized spacial score (nSPS) is 19.4. The zero-order valence-corrected chi connectivity index (χ0v) is 13.5. The first-order valence-corrected chi connectivity index (χ1v) is 8.42. The van der Waals surface area contributed by atoms with E-state index in [1.807, 2.05) is 20.8 Å². The molecule has 1 saturated heterocycles. The number of imide groups is 1. The average Bonchev–Trinajstić information content (AvgIpc) is 2.85. The maximum atomic E-state index is 12.4. The highest BCUT2D eigenvalue weighted by Gasteiger charge is 2.42. The van der Waals surface area contributed by atoms with Crippen LogP contribution >= 0.6 is 23.1 Å². The van der Waals surface area contributed by atoms with Gasteiger partial charge < -0.3 is 5.73 Å². The molecule has 0 saturated carbocycles. The molecule has 0 aromatic carbocycles. The lowest BCUT2D eigenvalue weighted by Crippen LogP contribution is -2.40. The third-order valence-corrected chi connectivity index (χ3v) is 5.95. The van der Waals surface area contributed by atoms with Crippen molar-refractivity contribution in [3.63, 3.8) is 0 Å². The molecule has 1 atom stereocenters. The number of nitrogen functional groups attached to an aromatic ring is 1. The summed E-state index contributed by atoms with van der Waals surface area (Å²) in [6.45, 7) is 5.88. The number of likely N-dealkylation sites (tertiary alicyclic amines) is 1. The Labute approximate surface area is 126 Å². The Morgan fingerprint density at radius 2 is 2.10 bits per heavy atom. The van der Waals surface area contributed by atoms with Crippen molar-refractivity contribution in [3.05, 3.63) is 5.69 Å². The van der Waals surface area contributed by atoms with E-state index in [1.54, 1.807) is 0 Å². The molecule has 2 amide bonds. The molecule has 1 aromatic heterocycles. The fourth-order valence-electron chi connectivity index (χ4n) is 2.39. The van der Waals surface area contributed by atoms with Gasteiger partial charge in [0.15, 0.2) is 5.13 Å². The first-order chi connectivity index (χ1) is 9.47. The number of nitrogens with zero attached hydrogens (tertiary/aromatic N) is 2. The lowest BCUT2D eigenvalue weighted by Gasteiger charge is -2.24. The van der Waals surface area contributed by atoms with E-state index < -0.39 is 0 Å². The van der Waals surface area contributed by atoms with Gasteiger partial charge in [-0.15, -0.1) is 0 Å². The summed E-state index contributed by atoms with van der Waals surface area (Å²) >= 11 is 2.79. The van der Waals surface area contributed by atoms with Crippen molar-refractivity contribution in [2.45, 2.75) is 55.5 Å². The summed E-state index contributed by atoms with van der Waals surface area (Å²) in [4.78, 5) is 30.1. The lowest BCUT2D eigenvalue weighted by molar-refractivity contribution is -0.141. The Hall–Kier alpha value is -1.08. The number of hydrogen-bond donors (Lipinski definition) is 1. The van der Waals surface area contributed by atoms with Crippen LogP contribution in [0.2, 0.25) is 0 Å². The van der Waals surface area contributed by atoms with Gasteiger partial charge in [0.1, 0.15) is 0 Å². The zero-order valence-electron chi connectivity index (χ0n) is 11.9. The second-order valence-electron chi connectivity index (χ2n) is 4.81. The van der Waals surface area contributed by atoms with Crippen molar-refractivity contribution in [2.75, 3.05) is 5.73 Å². The Bertz CT molecular complexity index is 526. The Kier molecular flexibility index (Phi) is 4.70. The molecule has 1 aliphatic rings. The van der Waals surface area contributed by atoms with E-state index in [0.29, 0.717) is 5.13 Å². The molecule has 0 bridgehead atoms. The van der Waals surface area contributed by atoms with E-state index in [9.17, 15) is 9.59 Å². The molecule has 0 radical (unpaired) electrons. The van der Waals surface area contributed by atoms with Crippen LogP contribution in [0.25, 0.3) is 0 Å². The number of carbonyl (C=O) groups excluding carboxylic acids is 2. The van der Waals surface area contributed by atoms with Crippen LogP contribution in [0.5, 0.6) is 0 Å². The predicted octanol–water partition coefficient (Wildman–Crippen LogP) is 2.44. The third kappa shape index (κ3) is 2.83. The van der Waals surface area contributed by atoms with Gasteiger partial charge in [0.25, 0.3) is 0 Å². The van der Waals surface area contributed by atoms with Crippen LogP contribution in [0.3, 0.4) is 0 Å². The summed E-state index contributed by atoms with van der Waals surface area (Å²) in [5, 5.41) is 0.167. The van der Waals surface area contributed by atoms with Gasteiger partial charge in [-0.3, -0.25) is 14.5 Å². The van der Waals surface area contributed by atoms with Gasteiger partial charge in [-0.2, -0.15) is 0 Å². The fourth-order valence-corrected chi connectivity index (χ4v) is 4.67. The SMILES string of the molecule is CCC(CC)N1C(=O)CC(Sc2sc(N)nc2C)C1=O. The maximum Gasteiger partial charge on any atom is 0.243 e. The molecule has 1 aromatic rings. The summed E-state index contributed by atoms with van der Waals surface area (Å²) in [5.74, 6) is -0.128. The van der Waals surface area contributed by atoms with Crippen molar-refractivity contribution in [2.24, 2.45) is 0 Å². The lowest BCUT2D eigenvalue weighted by atomic mass is 10.1. The molecule has 7 heteroatoms. The van der Waals surface area contributed by atoms with Crippen LogP contribution < -0.4 is 5.73 Å². The topological polar surface area (TPSA) is 76.3 Å². The number of thiazole rings is 1. The van der Waals surface area contributed by atoms with Gasteiger partial charge in [-0.1, -0.05) is 36.9 Å². The molecule has 2 heterocycles. The Morgan fingerprint density at radius 1 is 1.45 bits per heavy atom. The van der Waals surface area contributed by atoms with Crippen LogP contribution in [0.15, 0.2) is 4.21 Å². The predicted molar refractivity (Wildman–Crippen MR) is 81.7 cm³/mol. The number of aromatic nitrogens is 1. The van der Waals surface area contributed by atoms with Crippen molar-refractivity contribution in [1.29, 1.82) is 0 Å². The zero-order chi connectivity index (χ0) is 14.9. The first kappa shape index (κ1) is 15.3. The molecule has 5 nitrogen and oxygen atoms in total. The minimum atomic E-state index is -0.332. The smallest absolute Gasteiger partial charge is 0.243 e. The van der Waals surface area contributed by atoms with Gasteiger partial charge in [-0.25, -0.2) is 4.98 Å². The van der Waals surface area contributed by atoms with Crippen LogP contribution in [-0.2, 0) is 9.59 Å². The van der Waals surface area contributed by atoms with Crippen molar-refractivity contribution >= 4 is 40.0 Å². The van der Waals surface area contributed by atoms with Gasteiger partial charge in [0, 0.05) is 12.5 Å². The van der Waals surface area contributed by atoms with Crippen LogP contribution in [-0.4, -0.2) is 33.0 Å². The number of anilines is 1. The monoisotopic (exact) mass is 313 g/mol. The van der Waals surface area contributed by atoms with Crippen molar-refractivity contribution < 1.29 is 9.59 Å². The van der Waals surface area contributed by atoms with E-state index in [4.69, 9.17) is 5.73 Å². The number of carbonyl (C=O) groups is 2. The highest BCUT2D eigenvalue weighted by Crippen LogP contribution is 2.38. The fraction of sp³-hybridized carbons (Fsp3) is 0.615. The van der Waals surface area contributed by atoms with Crippen LogP contribution in [0, 0.1) is 6.92 Å². The molecule has 1 fully saturated rings. The second-order valence-corrected chi connectivity index (χ2v) is 7.31. The number of nitrogens with two attached hydrogens (primary N) is 1. The van der Waals surface area contributed by atoms with E-state index in [0.717, 1.165) is 22.7 Å². The first-order valence-electron chi connectivity index (χ1n) is 6.73. The Balaban J connectivity index is 2.14. The quantitative estimate of drug-likeness (QED) is 0.845. The highest BCUT2D eigenvalue weighted by atomic mass is 32.2. The molecule has 20 heavy (non-hydrogen) atoms. The number of hydrogen-bond acceptors (Lipinski definition) is 6. The summed E-state index contributed by atoms with van der Waals surface area (Å²) in [6, 6.07) is 0.0215. The number of amides is 2.